The van der Waals surface area contributed by atoms with Crippen molar-refractivity contribution in [2.45, 2.75) is 26.2 Å². The van der Waals surface area contributed by atoms with Crippen LogP contribution in [0.2, 0.25) is 0 Å². The first kappa shape index (κ1) is 12.4. The van der Waals surface area contributed by atoms with E-state index in [1.165, 1.54) is 17.2 Å². The number of benzene rings is 1. The molecule has 84 valence electrons. The second-order valence-corrected chi connectivity index (χ2v) is 6.59. The van der Waals surface area contributed by atoms with E-state index < -0.39 is 9.12 Å². The molecule has 1 aromatic rings. The van der Waals surface area contributed by atoms with Gasteiger partial charge in [0.25, 0.3) is 0 Å². The summed E-state index contributed by atoms with van der Waals surface area (Å²) in [6.45, 7) is 4.55. The Labute approximate surface area is 94.9 Å². The summed E-state index contributed by atoms with van der Waals surface area (Å²) in [4.78, 5) is 6.83. The van der Waals surface area contributed by atoms with E-state index in [0.717, 1.165) is 0 Å². The van der Waals surface area contributed by atoms with Crippen LogP contribution in [0.5, 0.6) is 0 Å². The largest absolute Gasteiger partial charge is 0.327 e. The van der Waals surface area contributed by atoms with Crippen molar-refractivity contribution in [3.63, 3.8) is 0 Å². The van der Waals surface area contributed by atoms with E-state index >= 15 is 0 Å². The summed E-state index contributed by atoms with van der Waals surface area (Å²) >= 11 is 0. The van der Waals surface area contributed by atoms with Crippen LogP contribution in [-0.4, -0.2) is 23.2 Å². The number of hydrogen-bond acceptors (Lipinski definition) is 2. The molecule has 1 atom stereocenters. The van der Waals surface area contributed by atoms with Crippen LogP contribution in [0.4, 0.5) is 0 Å². The van der Waals surface area contributed by atoms with Crippen molar-refractivity contribution in [3.8, 4) is 0 Å². The van der Waals surface area contributed by atoms with Gasteiger partial charge < -0.3 is 9.96 Å². The molecule has 1 aromatic carbocycles. The molecule has 1 unspecified atom stereocenters. The standard InChI is InChI=1S/C12H22N2Si/c1-5-10(2)11-8-6-7-9-12(11)15(13-3)14-4/h6-10,13-15H,5H2,1-4H3. The summed E-state index contributed by atoms with van der Waals surface area (Å²) in [5.41, 5.74) is 1.50. The maximum absolute atomic E-state index is 3.42. The summed E-state index contributed by atoms with van der Waals surface area (Å²) in [5, 5.41) is 1.50. The lowest BCUT2D eigenvalue weighted by Crippen LogP contribution is -2.54. The van der Waals surface area contributed by atoms with Gasteiger partial charge in [-0.1, -0.05) is 38.1 Å². The SMILES string of the molecule is CCC(C)c1ccccc1[SiH](NC)NC. The monoisotopic (exact) mass is 222 g/mol. The zero-order valence-electron chi connectivity index (χ0n) is 10.2. The van der Waals surface area contributed by atoms with Crippen LogP contribution in [-0.2, 0) is 0 Å². The van der Waals surface area contributed by atoms with Crippen molar-refractivity contribution in [1.82, 2.24) is 9.96 Å². The van der Waals surface area contributed by atoms with Gasteiger partial charge in [0.2, 0.25) is 9.12 Å². The van der Waals surface area contributed by atoms with Gasteiger partial charge in [0.05, 0.1) is 0 Å². The lowest BCUT2D eigenvalue weighted by atomic mass is 9.99. The van der Waals surface area contributed by atoms with Gasteiger partial charge in [-0.05, 0) is 37.2 Å². The molecule has 0 aromatic heterocycles. The Bertz CT molecular complexity index is 297. The molecule has 0 aliphatic rings. The highest BCUT2D eigenvalue weighted by Gasteiger charge is 2.15. The maximum Gasteiger partial charge on any atom is 0.217 e. The fourth-order valence-electron chi connectivity index (χ4n) is 1.90. The predicted octanol–water partition coefficient (Wildman–Crippen LogP) is 1.07. The minimum absolute atomic E-state index is 0.651. The van der Waals surface area contributed by atoms with E-state index in [2.05, 4.69) is 48.1 Å². The Hall–Kier alpha value is -0.643. The molecule has 1 rings (SSSR count). The highest BCUT2D eigenvalue weighted by molar-refractivity contribution is 6.68. The molecule has 0 aliphatic heterocycles. The van der Waals surface area contributed by atoms with E-state index in [1.807, 2.05) is 14.1 Å². The Morgan fingerprint density at radius 2 is 1.80 bits per heavy atom. The highest BCUT2D eigenvalue weighted by atomic mass is 28.3. The molecular formula is C12H22N2Si. The number of nitrogens with one attached hydrogen (secondary N) is 2. The quantitative estimate of drug-likeness (QED) is 0.728. The van der Waals surface area contributed by atoms with Crippen LogP contribution in [0, 0.1) is 0 Å². The molecule has 0 amide bonds. The summed E-state index contributed by atoms with van der Waals surface area (Å²) < 4.78 is 0. The minimum atomic E-state index is -1.16. The first-order valence-corrected chi connectivity index (χ1v) is 7.41. The molecule has 2 nitrogen and oxygen atoms in total. The van der Waals surface area contributed by atoms with Gasteiger partial charge in [-0.25, -0.2) is 0 Å². The van der Waals surface area contributed by atoms with Crippen LogP contribution in [0.3, 0.4) is 0 Å². The Morgan fingerprint density at radius 1 is 1.20 bits per heavy atom. The van der Waals surface area contributed by atoms with E-state index in [1.54, 1.807) is 0 Å². The highest BCUT2D eigenvalue weighted by Crippen LogP contribution is 2.16. The normalized spacial score (nSPS) is 13.1. The molecular weight excluding hydrogens is 200 g/mol. The molecule has 2 N–H and O–H groups in total. The van der Waals surface area contributed by atoms with Crippen LogP contribution in [0.1, 0.15) is 31.7 Å². The van der Waals surface area contributed by atoms with Gasteiger partial charge in [0, 0.05) is 0 Å². The first-order chi connectivity index (χ1) is 7.24. The second kappa shape index (κ2) is 6.05. The molecule has 0 spiro atoms. The first-order valence-electron chi connectivity index (χ1n) is 5.67. The van der Waals surface area contributed by atoms with Crippen molar-refractivity contribution in [3.05, 3.63) is 29.8 Å². The van der Waals surface area contributed by atoms with E-state index in [4.69, 9.17) is 0 Å². The Morgan fingerprint density at radius 3 is 2.33 bits per heavy atom. The van der Waals surface area contributed by atoms with Crippen molar-refractivity contribution in [2.75, 3.05) is 14.1 Å². The summed E-state index contributed by atoms with van der Waals surface area (Å²) in [7, 11) is 2.93. The molecule has 0 fully saturated rings. The maximum atomic E-state index is 3.42. The van der Waals surface area contributed by atoms with Crippen molar-refractivity contribution in [2.24, 2.45) is 0 Å². The molecule has 3 heteroatoms. The van der Waals surface area contributed by atoms with Gasteiger partial charge in [0.15, 0.2) is 0 Å². The predicted molar refractivity (Wildman–Crippen MR) is 70.1 cm³/mol. The molecule has 0 radical (unpaired) electrons. The molecule has 0 heterocycles. The Balaban J connectivity index is 3.04. The zero-order chi connectivity index (χ0) is 11.3. The third-order valence-corrected chi connectivity index (χ3v) is 5.33. The Kier molecular flexibility index (Phi) is 5.01. The fourth-order valence-corrected chi connectivity index (χ4v) is 3.83. The van der Waals surface area contributed by atoms with Crippen molar-refractivity contribution in [1.29, 1.82) is 0 Å². The molecule has 0 saturated carbocycles. The van der Waals surface area contributed by atoms with Crippen LogP contribution < -0.4 is 15.2 Å². The molecule has 15 heavy (non-hydrogen) atoms. The minimum Gasteiger partial charge on any atom is -0.327 e. The number of hydrogen-bond donors (Lipinski definition) is 2. The van der Waals surface area contributed by atoms with Gasteiger partial charge >= 0.3 is 0 Å². The van der Waals surface area contributed by atoms with E-state index in [9.17, 15) is 0 Å². The van der Waals surface area contributed by atoms with Crippen LogP contribution >= 0.6 is 0 Å². The smallest absolute Gasteiger partial charge is 0.217 e. The third kappa shape index (κ3) is 2.90. The summed E-state index contributed by atoms with van der Waals surface area (Å²) in [5.74, 6) is 0.651. The fraction of sp³-hybridized carbons (Fsp3) is 0.500. The average molecular weight is 222 g/mol. The summed E-state index contributed by atoms with van der Waals surface area (Å²) in [6, 6.07) is 8.79. The van der Waals surface area contributed by atoms with Crippen molar-refractivity contribution < 1.29 is 0 Å². The van der Waals surface area contributed by atoms with Gasteiger partial charge in [-0.3, -0.25) is 0 Å². The molecule has 0 saturated heterocycles. The second-order valence-electron chi connectivity index (χ2n) is 3.95. The molecule has 0 aliphatic carbocycles. The van der Waals surface area contributed by atoms with Gasteiger partial charge in [-0.2, -0.15) is 0 Å². The third-order valence-electron chi connectivity index (χ3n) is 3.03. The van der Waals surface area contributed by atoms with Crippen LogP contribution in [0.15, 0.2) is 24.3 Å². The van der Waals surface area contributed by atoms with E-state index in [-0.39, 0.29) is 0 Å². The van der Waals surface area contributed by atoms with Gasteiger partial charge in [-0.15, -0.1) is 0 Å². The lowest BCUT2D eigenvalue weighted by Gasteiger charge is -2.20. The summed E-state index contributed by atoms with van der Waals surface area (Å²) in [6.07, 6.45) is 1.20. The van der Waals surface area contributed by atoms with E-state index in [0.29, 0.717) is 5.92 Å². The topological polar surface area (TPSA) is 24.1 Å². The van der Waals surface area contributed by atoms with Gasteiger partial charge in [0.1, 0.15) is 0 Å². The zero-order valence-corrected chi connectivity index (χ0v) is 11.3. The lowest BCUT2D eigenvalue weighted by molar-refractivity contribution is 0.737. The van der Waals surface area contributed by atoms with Crippen LogP contribution in [0.25, 0.3) is 0 Å². The molecule has 0 bridgehead atoms. The number of rotatable bonds is 5. The van der Waals surface area contributed by atoms with Crippen molar-refractivity contribution >= 4 is 14.3 Å². The average Bonchev–Trinajstić information content (AvgIpc) is 2.30.